The van der Waals surface area contributed by atoms with Crippen LogP contribution in [0.25, 0.3) is 0 Å². The Bertz CT molecular complexity index is 401. The number of nitriles is 1. The lowest BCUT2D eigenvalue weighted by Gasteiger charge is -2.09. The Hall–Kier alpha value is -1.74. The highest BCUT2D eigenvalue weighted by molar-refractivity contribution is 5.43. The number of halogens is 2. The summed E-state index contributed by atoms with van der Waals surface area (Å²) in [5.41, 5.74) is 4.96. The molecule has 4 nitrogen and oxygen atoms in total. The van der Waals surface area contributed by atoms with Crippen LogP contribution in [0.4, 0.5) is 8.78 Å². The SMILES string of the molecule is COc1nc(CN)c(C(F)F)cc1C#N. The van der Waals surface area contributed by atoms with Crippen LogP contribution < -0.4 is 10.5 Å². The van der Waals surface area contributed by atoms with E-state index >= 15 is 0 Å². The Morgan fingerprint density at radius 2 is 2.33 bits per heavy atom. The van der Waals surface area contributed by atoms with Crippen LogP contribution >= 0.6 is 0 Å². The third-order valence-electron chi connectivity index (χ3n) is 1.84. The Balaban J connectivity index is 3.36. The highest BCUT2D eigenvalue weighted by Crippen LogP contribution is 2.26. The molecule has 0 bridgehead atoms. The number of ether oxygens (including phenoxy) is 1. The van der Waals surface area contributed by atoms with Gasteiger partial charge < -0.3 is 10.5 Å². The van der Waals surface area contributed by atoms with Gasteiger partial charge in [0, 0.05) is 12.1 Å². The van der Waals surface area contributed by atoms with Gasteiger partial charge in [0.25, 0.3) is 6.43 Å². The summed E-state index contributed by atoms with van der Waals surface area (Å²) in [5, 5.41) is 8.67. The van der Waals surface area contributed by atoms with Crippen molar-refractivity contribution in [1.29, 1.82) is 5.26 Å². The third-order valence-corrected chi connectivity index (χ3v) is 1.84. The lowest BCUT2D eigenvalue weighted by molar-refractivity contribution is 0.149. The van der Waals surface area contributed by atoms with Crippen LogP contribution in [0, 0.1) is 11.3 Å². The van der Waals surface area contributed by atoms with Gasteiger partial charge in [0.1, 0.15) is 11.6 Å². The number of nitrogens with two attached hydrogens (primary N) is 1. The number of methoxy groups -OCH3 is 1. The van der Waals surface area contributed by atoms with E-state index in [1.165, 1.54) is 7.11 Å². The number of hydrogen-bond donors (Lipinski definition) is 1. The Kier molecular flexibility index (Phi) is 3.52. The van der Waals surface area contributed by atoms with Crippen LogP contribution in [-0.4, -0.2) is 12.1 Å². The van der Waals surface area contributed by atoms with Crippen molar-refractivity contribution in [3.63, 3.8) is 0 Å². The van der Waals surface area contributed by atoms with Crippen molar-refractivity contribution in [2.45, 2.75) is 13.0 Å². The Labute approximate surface area is 85.3 Å². The molecular weight excluding hydrogens is 204 g/mol. The lowest BCUT2D eigenvalue weighted by atomic mass is 10.1. The summed E-state index contributed by atoms with van der Waals surface area (Å²) in [7, 11) is 1.31. The molecule has 80 valence electrons. The topological polar surface area (TPSA) is 71.9 Å². The van der Waals surface area contributed by atoms with E-state index < -0.39 is 6.43 Å². The minimum atomic E-state index is -2.70. The van der Waals surface area contributed by atoms with Crippen LogP contribution in [0.1, 0.15) is 23.2 Å². The highest BCUT2D eigenvalue weighted by atomic mass is 19.3. The van der Waals surface area contributed by atoms with Gasteiger partial charge in [-0.15, -0.1) is 0 Å². The number of nitrogens with zero attached hydrogens (tertiary/aromatic N) is 2. The van der Waals surface area contributed by atoms with Gasteiger partial charge in [0.15, 0.2) is 0 Å². The van der Waals surface area contributed by atoms with Gasteiger partial charge >= 0.3 is 0 Å². The van der Waals surface area contributed by atoms with E-state index in [0.29, 0.717) is 0 Å². The highest BCUT2D eigenvalue weighted by Gasteiger charge is 2.17. The van der Waals surface area contributed by atoms with Gasteiger partial charge in [-0.3, -0.25) is 0 Å². The third kappa shape index (κ3) is 2.19. The summed E-state index contributed by atoms with van der Waals surface area (Å²) >= 11 is 0. The van der Waals surface area contributed by atoms with Crippen LogP contribution in [0.3, 0.4) is 0 Å². The zero-order chi connectivity index (χ0) is 11.4. The predicted molar refractivity (Wildman–Crippen MR) is 48.4 cm³/mol. The first-order chi connectivity index (χ1) is 7.13. The zero-order valence-corrected chi connectivity index (χ0v) is 8.00. The van der Waals surface area contributed by atoms with E-state index in [-0.39, 0.29) is 29.2 Å². The number of alkyl halides is 2. The molecule has 0 saturated heterocycles. The van der Waals surface area contributed by atoms with Crippen LogP contribution in [0.5, 0.6) is 5.88 Å². The van der Waals surface area contributed by atoms with E-state index in [0.717, 1.165) is 6.07 Å². The maximum Gasteiger partial charge on any atom is 0.265 e. The molecule has 0 spiro atoms. The molecule has 0 aliphatic rings. The smallest absolute Gasteiger partial charge is 0.265 e. The first-order valence-corrected chi connectivity index (χ1v) is 4.10. The molecule has 0 aliphatic heterocycles. The van der Waals surface area contributed by atoms with Crippen molar-refractivity contribution < 1.29 is 13.5 Å². The van der Waals surface area contributed by atoms with E-state index in [1.807, 2.05) is 0 Å². The van der Waals surface area contributed by atoms with Crippen LogP contribution in [0.15, 0.2) is 6.07 Å². The Morgan fingerprint density at radius 1 is 1.67 bits per heavy atom. The first-order valence-electron chi connectivity index (χ1n) is 4.10. The second-order valence-electron chi connectivity index (χ2n) is 2.70. The summed E-state index contributed by atoms with van der Waals surface area (Å²) in [4.78, 5) is 3.75. The minimum Gasteiger partial charge on any atom is -0.480 e. The summed E-state index contributed by atoms with van der Waals surface area (Å²) in [5.74, 6) is 0.0161. The van der Waals surface area contributed by atoms with Gasteiger partial charge in [-0.2, -0.15) is 5.26 Å². The molecule has 1 aromatic heterocycles. The number of rotatable bonds is 3. The Morgan fingerprint density at radius 3 is 2.73 bits per heavy atom. The predicted octanol–water partition coefficient (Wildman–Crippen LogP) is 1.36. The van der Waals surface area contributed by atoms with Gasteiger partial charge in [-0.25, -0.2) is 13.8 Å². The zero-order valence-electron chi connectivity index (χ0n) is 8.00. The molecule has 0 radical (unpaired) electrons. The lowest BCUT2D eigenvalue weighted by Crippen LogP contribution is -2.07. The molecule has 15 heavy (non-hydrogen) atoms. The van der Waals surface area contributed by atoms with Crippen molar-refractivity contribution in [3.05, 3.63) is 22.9 Å². The van der Waals surface area contributed by atoms with Crippen molar-refractivity contribution in [2.75, 3.05) is 7.11 Å². The second-order valence-corrected chi connectivity index (χ2v) is 2.70. The largest absolute Gasteiger partial charge is 0.480 e. The fraction of sp³-hybridized carbons (Fsp3) is 0.333. The minimum absolute atomic E-state index is 0.0161. The van der Waals surface area contributed by atoms with E-state index in [9.17, 15) is 8.78 Å². The van der Waals surface area contributed by atoms with Crippen LogP contribution in [-0.2, 0) is 6.54 Å². The molecule has 0 atom stereocenters. The summed E-state index contributed by atoms with van der Waals surface area (Å²) < 4.78 is 29.8. The monoisotopic (exact) mass is 213 g/mol. The molecule has 0 unspecified atom stereocenters. The number of aromatic nitrogens is 1. The summed E-state index contributed by atoms with van der Waals surface area (Å²) in [6.45, 7) is -0.123. The summed E-state index contributed by atoms with van der Waals surface area (Å²) in [6, 6.07) is 2.79. The summed E-state index contributed by atoms with van der Waals surface area (Å²) in [6.07, 6.45) is -2.70. The van der Waals surface area contributed by atoms with Crippen molar-refractivity contribution >= 4 is 0 Å². The molecule has 1 heterocycles. The number of pyridine rings is 1. The van der Waals surface area contributed by atoms with Crippen molar-refractivity contribution in [2.24, 2.45) is 5.73 Å². The molecule has 6 heteroatoms. The fourth-order valence-electron chi connectivity index (χ4n) is 1.14. The first kappa shape index (κ1) is 11.3. The maximum atomic E-state index is 12.5. The average molecular weight is 213 g/mol. The van der Waals surface area contributed by atoms with E-state index in [4.69, 9.17) is 15.7 Å². The molecule has 0 saturated carbocycles. The fourth-order valence-corrected chi connectivity index (χ4v) is 1.14. The van der Waals surface area contributed by atoms with Crippen molar-refractivity contribution in [3.8, 4) is 11.9 Å². The normalized spacial score (nSPS) is 10.1. The second kappa shape index (κ2) is 4.66. The standard InChI is InChI=1S/C9H9F2N3O/c1-15-9-5(3-12)2-6(8(10)11)7(4-13)14-9/h2,8H,4,13H2,1H3. The molecule has 0 fully saturated rings. The van der Waals surface area contributed by atoms with E-state index in [2.05, 4.69) is 4.98 Å². The van der Waals surface area contributed by atoms with Gasteiger partial charge in [-0.1, -0.05) is 0 Å². The van der Waals surface area contributed by atoms with Gasteiger partial charge in [0.05, 0.1) is 12.8 Å². The molecule has 2 N–H and O–H groups in total. The molecule has 0 aromatic carbocycles. The quantitative estimate of drug-likeness (QED) is 0.822. The molecular formula is C9H9F2N3O. The van der Waals surface area contributed by atoms with Gasteiger partial charge in [-0.05, 0) is 6.07 Å². The molecule has 0 amide bonds. The van der Waals surface area contributed by atoms with E-state index in [1.54, 1.807) is 6.07 Å². The van der Waals surface area contributed by atoms with Gasteiger partial charge in [0.2, 0.25) is 5.88 Å². The molecule has 0 aliphatic carbocycles. The van der Waals surface area contributed by atoms with Crippen LogP contribution in [0.2, 0.25) is 0 Å². The van der Waals surface area contributed by atoms with Crippen molar-refractivity contribution in [1.82, 2.24) is 4.98 Å². The molecule has 1 rings (SSSR count). The maximum absolute atomic E-state index is 12.5. The average Bonchev–Trinajstić information content (AvgIpc) is 2.26. The molecule has 1 aromatic rings. The number of hydrogen-bond acceptors (Lipinski definition) is 4.